The maximum atomic E-state index is 6.15. The molecule has 0 aliphatic rings. The van der Waals surface area contributed by atoms with Crippen molar-refractivity contribution in [3.63, 3.8) is 0 Å². The van der Waals surface area contributed by atoms with Crippen molar-refractivity contribution in [1.29, 1.82) is 0 Å². The van der Waals surface area contributed by atoms with Gasteiger partial charge in [-0.25, -0.2) is 9.67 Å². The van der Waals surface area contributed by atoms with Gasteiger partial charge in [0.05, 0.1) is 10.8 Å². The van der Waals surface area contributed by atoms with Crippen LogP contribution in [-0.4, -0.2) is 14.8 Å². The first-order valence-corrected chi connectivity index (χ1v) is 7.47. The highest BCUT2D eigenvalue weighted by Crippen LogP contribution is 2.30. The van der Waals surface area contributed by atoms with Crippen LogP contribution in [0.15, 0.2) is 29.4 Å². The first kappa shape index (κ1) is 14.2. The van der Waals surface area contributed by atoms with Gasteiger partial charge in [-0.2, -0.15) is 5.10 Å². The molecule has 1 aromatic heterocycles. The molecule has 0 saturated carbocycles. The Morgan fingerprint density at radius 1 is 1.42 bits per heavy atom. The first-order valence-electron chi connectivity index (χ1n) is 6.10. The van der Waals surface area contributed by atoms with Crippen LogP contribution in [0.25, 0.3) is 0 Å². The Balaban J connectivity index is 2.04. The van der Waals surface area contributed by atoms with Crippen LogP contribution in [0.4, 0.5) is 5.69 Å². The van der Waals surface area contributed by atoms with Crippen LogP contribution in [0.3, 0.4) is 0 Å². The molecule has 0 radical (unpaired) electrons. The van der Waals surface area contributed by atoms with Gasteiger partial charge < -0.3 is 5.73 Å². The van der Waals surface area contributed by atoms with Gasteiger partial charge in [-0.05, 0) is 24.1 Å². The molecule has 2 N–H and O–H groups in total. The van der Waals surface area contributed by atoms with E-state index in [1.54, 1.807) is 24.2 Å². The van der Waals surface area contributed by atoms with Crippen LogP contribution in [0.5, 0.6) is 0 Å². The summed E-state index contributed by atoms with van der Waals surface area (Å²) in [6.07, 6.45) is 1.60. The molecule has 0 amide bonds. The first-order chi connectivity index (χ1) is 9.06. The predicted molar refractivity (Wildman–Crippen MR) is 80.3 cm³/mol. The number of hydrogen-bond donors (Lipinski definition) is 1. The third-order valence-electron chi connectivity index (χ3n) is 2.55. The highest BCUT2D eigenvalue weighted by Gasteiger charge is 2.08. The predicted octanol–water partition coefficient (Wildman–Crippen LogP) is 3.46. The fourth-order valence-corrected chi connectivity index (χ4v) is 2.90. The maximum Gasteiger partial charge on any atom is 0.138 e. The summed E-state index contributed by atoms with van der Waals surface area (Å²) in [7, 11) is 0. The van der Waals surface area contributed by atoms with Crippen molar-refractivity contribution in [1.82, 2.24) is 14.8 Å². The number of nitrogens with two attached hydrogens (primary N) is 1. The Hall–Kier alpha value is -1.20. The molecule has 6 heteroatoms. The number of rotatable bonds is 5. The average Bonchev–Trinajstić information content (AvgIpc) is 2.74. The molecule has 1 aromatic carbocycles. The summed E-state index contributed by atoms with van der Waals surface area (Å²) in [4.78, 5) is 5.30. The van der Waals surface area contributed by atoms with E-state index in [2.05, 4.69) is 23.9 Å². The number of hydrogen-bond acceptors (Lipinski definition) is 4. The highest BCUT2D eigenvalue weighted by molar-refractivity contribution is 7.98. The summed E-state index contributed by atoms with van der Waals surface area (Å²) in [6, 6.07) is 5.56. The summed E-state index contributed by atoms with van der Waals surface area (Å²) in [5.74, 6) is 2.26. The molecule has 0 aliphatic heterocycles. The van der Waals surface area contributed by atoms with E-state index in [-0.39, 0.29) is 0 Å². The zero-order valence-corrected chi connectivity index (χ0v) is 12.6. The Labute approximate surface area is 122 Å². The molecule has 2 aromatic rings. The summed E-state index contributed by atoms with van der Waals surface area (Å²) in [5, 5.41) is 4.92. The molecule has 19 heavy (non-hydrogen) atoms. The molecule has 1 heterocycles. The summed E-state index contributed by atoms with van der Waals surface area (Å²) in [6.45, 7) is 5.20. The molecule has 0 fully saturated rings. The third kappa shape index (κ3) is 3.88. The molecular weight excluding hydrogens is 280 g/mol. The van der Waals surface area contributed by atoms with Crippen molar-refractivity contribution in [2.75, 3.05) is 5.73 Å². The number of nitrogens with zero attached hydrogens (tertiary/aromatic N) is 3. The lowest BCUT2D eigenvalue weighted by Gasteiger charge is -2.09. The van der Waals surface area contributed by atoms with Gasteiger partial charge in [0.1, 0.15) is 12.2 Å². The smallest absolute Gasteiger partial charge is 0.138 e. The maximum absolute atomic E-state index is 6.15. The van der Waals surface area contributed by atoms with E-state index in [9.17, 15) is 0 Å². The molecule has 0 bridgehead atoms. The summed E-state index contributed by atoms with van der Waals surface area (Å²) >= 11 is 7.79. The standard InChI is InChI=1S/C13H17ClN4S/c1-9(2)6-18-13(16-8-17-18)7-19-12-4-3-10(15)5-11(12)14/h3-5,8-9H,6-7,15H2,1-2H3. The minimum absolute atomic E-state index is 0.547. The van der Waals surface area contributed by atoms with Gasteiger partial charge >= 0.3 is 0 Å². The van der Waals surface area contributed by atoms with E-state index in [1.165, 1.54) is 0 Å². The highest BCUT2D eigenvalue weighted by atomic mass is 35.5. The van der Waals surface area contributed by atoms with E-state index in [4.69, 9.17) is 17.3 Å². The number of thioether (sulfide) groups is 1. The Morgan fingerprint density at radius 3 is 2.89 bits per heavy atom. The van der Waals surface area contributed by atoms with Gasteiger partial charge in [-0.1, -0.05) is 25.4 Å². The molecule has 0 unspecified atom stereocenters. The third-order valence-corrected chi connectivity index (χ3v) is 4.04. The number of aromatic nitrogens is 3. The van der Waals surface area contributed by atoms with Crippen molar-refractivity contribution in [3.8, 4) is 0 Å². The van der Waals surface area contributed by atoms with Crippen LogP contribution in [0, 0.1) is 5.92 Å². The normalized spacial score (nSPS) is 11.2. The van der Waals surface area contributed by atoms with E-state index < -0.39 is 0 Å². The van der Waals surface area contributed by atoms with Crippen molar-refractivity contribution in [3.05, 3.63) is 35.4 Å². The minimum atomic E-state index is 0.547. The lowest BCUT2D eigenvalue weighted by molar-refractivity contribution is 0.472. The van der Waals surface area contributed by atoms with Crippen LogP contribution >= 0.6 is 23.4 Å². The zero-order chi connectivity index (χ0) is 13.8. The number of halogens is 1. The number of anilines is 1. The van der Waals surface area contributed by atoms with Gasteiger partial charge in [-0.3, -0.25) is 0 Å². The fourth-order valence-electron chi connectivity index (χ4n) is 1.67. The molecule has 0 saturated heterocycles. The number of nitrogen functional groups attached to an aromatic ring is 1. The zero-order valence-electron chi connectivity index (χ0n) is 11.0. The summed E-state index contributed by atoms with van der Waals surface area (Å²) in [5.41, 5.74) is 6.36. The number of benzene rings is 1. The quantitative estimate of drug-likeness (QED) is 0.678. The SMILES string of the molecule is CC(C)Cn1ncnc1CSc1ccc(N)cc1Cl. The van der Waals surface area contributed by atoms with E-state index in [0.717, 1.165) is 23.0 Å². The van der Waals surface area contributed by atoms with Crippen molar-refractivity contribution in [2.24, 2.45) is 5.92 Å². The van der Waals surface area contributed by atoms with E-state index in [0.29, 0.717) is 16.6 Å². The Bertz CT molecular complexity index is 553. The van der Waals surface area contributed by atoms with Crippen molar-refractivity contribution < 1.29 is 0 Å². The van der Waals surface area contributed by atoms with Crippen molar-refractivity contribution >= 4 is 29.1 Å². The summed E-state index contributed by atoms with van der Waals surface area (Å²) < 4.78 is 1.95. The van der Waals surface area contributed by atoms with Crippen molar-refractivity contribution in [2.45, 2.75) is 31.0 Å². The van der Waals surface area contributed by atoms with Gasteiger partial charge in [0.2, 0.25) is 0 Å². The van der Waals surface area contributed by atoms with Crippen LogP contribution in [0.2, 0.25) is 5.02 Å². The second kappa shape index (κ2) is 6.30. The van der Waals surface area contributed by atoms with Gasteiger partial charge in [-0.15, -0.1) is 11.8 Å². The minimum Gasteiger partial charge on any atom is -0.399 e. The van der Waals surface area contributed by atoms with E-state index in [1.807, 2.05) is 16.8 Å². The largest absolute Gasteiger partial charge is 0.399 e. The molecular formula is C13H17ClN4S. The average molecular weight is 297 g/mol. The topological polar surface area (TPSA) is 56.7 Å². The Kier molecular flexibility index (Phi) is 4.71. The molecule has 0 atom stereocenters. The lowest BCUT2D eigenvalue weighted by Crippen LogP contribution is -2.09. The van der Waals surface area contributed by atoms with Gasteiger partial charge in [0.15, 0.2) is 0 Å². The van der Waals surface area contributed by atoms with Gasteiger partial charge in [0.25, 0.3) is 0 Å². The molecule has 4 nitrogen and oxygen atoms in total. The van der Waals surface area contributed by atoms with Crippen LogP contribution < -0.4 is 5.73 Å². The monoisotopic (exact) mass is 296 g/mol. The molecule has 0 spiro atoms. The Morgan fingerprint density at radius 2 is 2.21 bits per heavy atom. The van der Waals surface area contributed by atoms with Gasteiger partial charge in [0, 0.05) is 17.1 Å². The lowest BCUT2D eigenvalue weighted by atomic mass is 10.2. The second-order valence-electron chi connectivity index (χ2n) is 4.73. The second-order valence-corrected chi connectivity index (χ2v) is 6.16. The molecule has 0 aliphatic carbocycles. The van der Waals surface area contributed by atoms with Crippen LogP contribution in [0.1, 0.15) is 19.7 Å². The van der Waals surface area contributed by atoms with Crippen LogP contribution in [-0.2, 0) is 12.3 Å². The molecule has 2 rings (SSSR count). The fraction of sp³-hybridized carbons (Fsp3) is 0.385. The molecule has 102 valence electrons. The van der Waals surface area contributed by atoms with E-state index >= 15 is 0 Å².